The molecule has 0 spiro atoms. The van der Waals surface area contributed by atoms with Crippen LogP contribution >= 0.6 is 0 Å². The predicted molar refractivity (Wildman–Crippen MR) is 307 cm³/mol. The van der Waals surface area contributed by atoms with Crippen LogP contribution in [-0.2, 0) is 48.3 Å². The lowest BCUT2D eigenvalue weighted by Gasteiger charge is -2.28. The Morgan fingerprint density at radius 1 is 0.438 bits per heavy atom. The van der Waals surface area contributed by atoms with Gasteiger partial charge in [-0.05, 0) is 163 Å². The van der Waals surface area contributed by atoms with E-state index in [0.29, 0.717) is 24.1 Å². The van der Waals surface area contributed by atoms with Gasteiger partial charge in [-0.15, -0.1) is 0 Å². The van der Waals surface area contributed by atoms with Crippen molar-refractivity contribution in [1.29, 1.82) is 0 Å². The van der Waals surface area contributed by atoms with Crippen LogP contribution in [0.15, 0.2) is 188 Å². The van der Waals surface area contributed by atoms with Gasteiger partial charge in [-0.25, -0.2) is 0 Å². The number of aryl methyl sites for hydroxylation is 3. The summed E-state index contributed by atoms with van der Waals surface area (Å²) in [6.45, 7) is 17.3. The van der Waals surface area contributed by atoms with Gasteiger partial charge in [-0.1, -0.05) is 202 Å². The molecular weight excluding hydrogens is 883 g/mol. The first kappa shape index (κ1) is 41.3. The molecule has 1 aliphatic rings. The lowest BCUT2D eigenvalue weighted by Crippen LogP contribution is -2.23. The molecule has 3 nitrogen and oxygen atoms in total. The maximum Gasteiger partial charge on any atom is 0.0708 e. The van der Waals surface area contributed by atoms with E-state index >= 15 is 0 Å². The summed E-state index contributed by atoms with van der Waals surface area (Å²) in [5.41, 5.74) is 14.3. The number of aromatic nitrogens is 3. The highest BCUT2D eigenvalue weighted by Crippen LogP contribution is 2.52. The van der Waals surface area contributed by atoms with Crippen LogP contribution in [-0.4, -0.2) is 15.0 Å². The fourth-order valence-corrected chi connectivity index (χ4v) is 11.0. The molecule has 0 saturated carbocycles. The van der Waals surface area contributed by atoms with Crippen molar-refractivity contribution in [3.63, 3.8) is 0 Å². The Hall–Kier alpha value is -7.23. The Kier molecular flexibility index (Phi) is 11.1. The molecule has 0 atom stereocenters. The highest BCUT2D eigenvalue weighted by atomic mass is 14.7. The average molecular weight is 961 g/mol. The van der Waals surface area contributed by atoms with Crippen LogP contribution in [0.25, 0.3) is 56.0 Å². The second-order valence-corrected chi connectivity index (χ2v) is 23.1. The largest absolute Gasteiger partial charge is 0.256 e. The summed E-state index contributed by atoms with van der Waals surface area (Å²) in [5.74, 6) is 0. The van der Waals surface area contributed by atoms with Crippen LogP contribution in [0.4, 0.5) is 0 Å². The smallest absolute Gasteiger partial charge is 0.0708 e. The molecule has 73 heavy (non-hydrogen) atoms. The topological polar surface area (TPSA) is 38.7 Å². The van der Waals surface area contributed by atoms with E-state index in [1.807, 2.05) is 97.3 Å². The van der Waals surface area contributed by atoms with Gasteiger partial charge in [-0.2, -0.15) is 0 Å². The van der Waals surface area contributed by atoms with Gasteiger partial charge in [-0.3, -0.25) is 15.0 Å². The lowest BCUT2D eigenvalue weighted by atomic mass is 9.77. The minimum atomic E-state index is -2.76. The van der Waals surface area contributed by atoms with Crippen molar-refractivity contribution in [3.05, 3.63) is 244 Å². The predicted octanol–water partition coefficient (Wildman–Crippen LogP) is 17.6. The van der Waals surface area contributed by atoms with Gasteiger partial charge in [0.25, 0.3) is 0 Å². The van der Waals surface area contributed by atoms with Crippen LogP contribution in [0.1, 0.15) is 128 Å². The second-order valence-electron chi connectivity index (χ2n) is 23.1. The second kappa shape index (κ2) is 19.7. The third kappa shape index (κ3) is 10.5. The van der Waals surface area contributed by atoms with E-state index in [1.54, 1.807) is 30.3 Å². The van der Waals surface area contributed by atoms with Crippen LogP contribution in [0.2, 0.25) is 0 Å². The zero-order valence-corrected chi connectivity index (χ0v) is 43.9. The first-order valence-corrected chi connectivity index (χ1v) is 25.7. The lowest BCUT2D eigenvalue weighted by molar-refractivity contribution is 0.411. The minimum absolute atomic E-state index is 0.0417. The van der Waals surface area contributed by atoms with E-state index in [2.05, 4.69) is 117 Å². The Labute approximate surface area is 445 Å². The summed E-state index contributed by atoms with van der Waals surface area (Å²) in [6, 6.07) is 55.6. The molecule has 3 heteroatoms. The van der Waals surface area contributed by atoms with E-state index in [1.165, 1.54) is 34.0 Å². The maximum atomic E-state index is 10.2. The highest BCUT2D eigenvalue weighted by molar-refractivity contribution is 5.86. The fourth-order valence-electron chi connectivity index (χ4n) is 11.0. The average Bonchev–Trinajstić information content (AvgIpc) is 3.93. The highest BCUT2D eigenvalue weighted by Gasteiger charge is 2.38. The number of nitrogens with zero attached hydrogens (tertiary/aromatic N) is 3. The molecule has 0 unspecified atom stereocenters. The summed E-state index contributed by atoms with van der Waals surface area (Å²) in [5, 5.41) is 0. The summed E-state index contributed by atoms with van der Waals surface area (Å²) in [7, 11) is 0. The van der Waals surface area contributed by atoms with Gasteiger partial charge in [0.1, 0.15) is 0 Å². The van der Waals surface area contributed by atoms with Gasteiger partial charge < -0.3 is 0 Å². The number of fused-ring (bicyclic) bond motifs is 3. The van der Waals surface area contributed by atoms with Crippen LogP contribution in [0, 0.1) is 12.3 Å². The molecule has 366 valence electrons. The summed E-state index contributed by atoms with van der Waals surface area (Å²) >= 11 is 0. The molecule has 0 aliphatic heterocycles. The van der Waals surface area contributed by atoms with Crippen molar-refractivity contribution in [2.75, 3.05) is 0 Å². The first-order chi connectivity index (χ1) is 37.6. The zero-order valence-electron chi connectivity index (χ0n) is 50.9. The van der Waals surface area contributed by atoms with Crippen LogP contribution in [0.3, 0.4) is 0 Å². The van der Waals surface area contributed by atoms with Crippen molar-refractivity contribution in [2.45, 2.75) is 117 Å². The van der Waals surface area contributed by atoms with E-state index in [-0.39, 0.29) is 33.1 Å². The molecule has 1 aliphatic carbocycles. The molecule has 3 aromatic heterocycles. The van der Waals surface area contributed by atoms with Crippen molar-refractivity contribution >= 4 is 0 Å². The van der Waals surface area contributed by atoms with E-state index in [0.717, 1.165) is 56.8 Å². The van der Waals surface area contributed by atoms with E-state index in [4.69, 9.17) is 19.1 Å². The third-order valence-corrected chi connectivity index (χ3v) is 14.8. The Bertz CT molecular complexity index is 3610. The molecular formula is C70H71N3. The molecule has 9 aromatic rings. The SMILES string of the molecule is [2H]C([2H])([2H])c1ccccc1-c1cc(-c2cc(CC(C)(C)C)c3c(c2)C(C)(C)c2ccccc2-3)ncc1C([2H])([2H])C([2H])([2H])c1cc(CC(C)(C)c2ccc(-c3ccccc3)nc2)cc(CC(C)(C)c2ccc(-c3ccccc3)nc2)c1. The van der Waals surface area contributed by atoms with Crippen molar-refractivity contribution < 1.29 is 9.60 Å². The molecule has 6 aromatic carbocycles. The Balaban J connectivity index is 1.10. The van der Waals surface area contributed by atoms with Crippen molar-refractivity contribution in [3.8, 4) is 56.0 Å². The Morgan fingerprint density at radius 3 is 1.53 bits per heavy atom. The third-order valence-electron chi connectivity index (χ3n) is 14.8. The fraction of sp³-hybridized carbons (Fsp3) is 0.271. The van der Waals surface area contributed by atoms with Gasteiger partial charge >= 0.3 is 0 Å². The quantitative estimate of drug-likeness (QED) is 0.109. The van der Waals surface area contributed by atoms with E-state index in [9.17, 15) is 5.48 Å². The molecule has 0 bridgehead atoms. The van der Waals surface area contributed by atoms with Crippen LogP contribution < -0.4 is 0 Å². The molecule has 3 heterocycles. The van der Waals surface area contributed by atoms with Crippen molar-refractivity contribution in [1.82, 2.24) is 15.0 Å². The van der Waals surface area contributed by atoms with Gasteiger partial charge in [0.15, 0.2) is 0 Å². The van der Waals surface area contributed by atoms with Crippen LogP contribution in [0.5, 0.6) is 0 Å². The Morgan fingerprint density at radius 2 is 0.973 bits per heavy atom. The van der Waals surface area contributed by atoms with Gasteiger partial charge in [0.2, 0.25) is 0 Å². The summed E-state index contributed by atoms with van der Waals surface area (Å²) in [6.07, 6.45) is 1.63. The molecule has 0 N–H and O–H groups in total. The maximum absolute atomic E-state index is 10.2. The number of hydrogen-bond donors (Lipinski definition) is 0. The standard InChI is InChI=1S/C70H71N3/c1-47-21-17-18-26-58(47)60-40-65(54-38-55(43-67(2,3)4)66-59-27-19-20-28-61(59)70(9,10)62(66)39-54)71-44-53(60)30-29-48-35-49(41-68(5,6)56-31-33-63(72-45-56)51-22-13-11-14-23-51)37-50(36-48)42-69(7,8)57-32-34-64(73-46-57)52-24-15-12-16-25-52/h11-28,31-40,44-46H,29-30,41-43H2,1-10H3/i1D3,29D2,30D2. The molecule has 0 saturated heterocycles. The molecule has 0 amide bonds. The number of hydrogen-bond acceptors (Lipinski definition) is 3. The molecule has 10 rings (SSSR count). The first-order valence-electron chi connectivity index (χ1n) is 29.2. The zero-order chi connectivity index (χ0) is 57.2. The minimum Gasteiger partial charge on any atom is -0.256 e. The van der Waals surface area contributed by atoms with Gasteiger partial charge in [0, 0.05) is 50.3 Å². The number of benzene rings is 6. The summed E-state index contributed by atoms with van der Waals surface area (Å²) < 4.78 is 67.0. The summed E-state index contributed by atoms with van der Waals surface area (Å²) in [4.78, 5) is 14.8. The molecule has 0 radical (unpaired) electrons. The van der Waals surface area contributed by atoms with E-state index < -0.39 is 30.4 Å². The van der Waals surface area contributed by atoms with Crippen molar-refractivity contribution in [2.24, 2.45) is 5.41 Å². The van der Waals surface area contributed by atoms with Gasteiger partial charge in [0.05, 0.1) is 17.1 Å². The monoisotopic (exact) mass is 961 g/mol. The normalized spacial score (nSPS) is 15.2. The molecule has 0 fully saturated rings. The number of pyridine rings is 3. The number of rotatable bonds is 14.